The van der Waals surface area contributed by atoms with Crippen LogP contribution in [-0.4, -0.2) is 16.8 Å². The zero-order valence-corrected chi connectivity index (χ0v) is 13.3. The van der Waals surface area contributed by atoms with Crippen LogP contribution in [-0.2, 0) is 7.05 Å². The Balaban J connectivity index is 2.38. The SMILES string of the molecule is CNC(c1c(Cl)cnn1C)C1(CC(C)C)CCCC1. The van der Waals surface area contributed by atoms with Crippen molar-refractivity contribution < 1.29 is 0 Å². The maximum atomic E-state index is 6.37. The van der Waals surface area contributed by atoms with Gasteiger partial charge in [-0.1, -0.05) is 38.3 Å². The average Bonchev–Trinajstić information content (AvgIpc) is 2.91. The lowest BCUT2D eigenvalue weighted by Crippen LogP contribution is -2.37. The van der Waals surface area contributed by atoms with E-state index >= 15 is 0 Å². The van der Waals surface area contributed by atoms with Gasteiger partial charge in [0.25, 0.3) is 0 Å². The van der Waals surface area contributed by atoms with E-state index in [4.69, 9.17) is 11.6 Å². The maximum absolute atomic E-state index is 6.37. The Bertz CT molecular complexity index is 400. The van der Waals surface area contributed by atoms with Crippen molar-refractivity contribution in [3.63, 3.8) is 0 Å². The van der Waals surface area contributed by atoms with Gasteiger partial charge in [0.05, 0.1) is 23.0 Å². The summed E-state index contributed by atoms with van der Waals surface area (Å²) < 4.78 is 1.93. The molecule has 0 aliphatic heterocycles. The third-order valence-electron chi connectivity index (χ3n) is 4.53. The van der Waals surface area contributed by atoms with Gasteiger partial charge in [-0.2, -0.15) is 5.10 Å². The summed E-state index contributed by atoms with van der Waals surface area (Å²) in [7, 11) is 4.04. The second-order valence-corrected chi connectivity index (χ2v) is 6.80. The predicted molar refractivity (Wildman–Crippen MR) is 80.4 cm³/mol. The highest BCUT2D eigenvalue weighted by Gasteiger charge is 2.43. The minimum absolute atomic E-state index is 0.303. The molecule has 1 N–H and O–H groups in total. The van der Waals surface area contributed by atoms with Gasteiger partial charge in [-0.15, -0.1) is 0 Å². The number of nitrogens with zero attached hydrogens (tertiary/aromatic N) is 2. The molecule has 3 nitrogen and oxygen atoms in total. The topological polar surface area (TPSA) is 29.9 Å². The van der Waals surface area contributed by atoms with Crippen molar-refractivity contribution in [1.29, 1.82) is 0 Å². The molecule has 0 saturated heterocycles. The summed E-state index contributed by atoms with van der Waals surface area (Å²) in [5.74, 6) is 0.709. The Morgan fingerprint density at radius 1 is 1.42 bits per heavy atom. The first kappa shape index (κ1) is 14.9. The molecule has 1 aromatic heterocycles. The minimum atomic E-state index is 0.303. The highest BCUT2D eigenvalue weighted by molar-refractivity contribution is 6.31. The van der Waals surface area contributed by atoms with E-state index in [1.54, 1.807) is 6.20 Å². The maximum Gasteiger partial charge on any atom is 0.0834 e. The molecule has 0 spiro atoms. The van der Waals surface area contributed by atoms with E-state index in [0.717, 1.165) is 10.7 Å². The van der Waals surface area contributed by atoms with Gasteiger partial charge in [0.1, 0.15) is 0 Å². The Labute approximate surface area is 121 Å². The second kappa shape index (κ2) is 5.84. The molecule has 1 aliphatic carbocycles. The smallest absolute Gasteiger partial charge is 0.0834 e. The van der Waals surface area contributed by atoms with Crippen LogP contribution in [0.2, 0.25) is 5.02 Å². The van der Waals surface area contributed by atoms with Gasteiger partial charge >= 0.3 is 0 Å². The molecule has 19 heavy (non-hydrogen) atoms. The van der Waals surface area contributed by atoms with Crippen LogP contribution in [0.5, 0.6) is 0 Å². The zero-order chi connectivity index (χ0) is 14.0. The summed E-state index contributed by atoms with van der Waals surface area (Å²) in [4.78, 5) is 0. The van der Waals surface area contributed by atoms with Crippen molar-refractivity contribution in [2.45, 2.75) is 52.0 Å². The standard InChI is InChI=1S/C15H26ClN3/c1-11(2)9-15(7-5-6-8-15)14(17-3)13-12(16)10-18-19(13)4/h10-11,14,17H,5-9H2,1-4H3. The van der Waals surface area contributed by atoms with Crippen LogP contribution in [0.1, 0.15) is 57.7 Å². The van der Waals surface area contributed by atoms with E-state index in [2.05, 4.69) is 24.3 Å². The largest absolute Gasteiger partial charge is 0.311 e. The summed E-state index contributed by atoms with van der Waals surface area (Å²) >= 11 is 6.37. The van der Waals surface area contributed by atoms with Gasteiger partial charge in [-0.05, 0) is 37.6 Å². The van der Waals surface area contributed by atoms with Crippen molar-refractivity contribution in [2.24, 2.45) is 18.4 Å². The molecule has 0 radical (unpaired) electrons. The molecule has 0 amide bonds. The van der Waals surface area contributed by atoms with Crippen LogP contribution in [0.25, 0.3) is 0 Å². The quantitative estimate of drug-likeness (QED) is 0.887. The highest BCUT2D eigenvalue weighted by atomic mass is 35.5. The molecular weight excluding hydrogens is 258 g/mol. The molecular formula is C15H26ClN3. The number of hydrogen-bond donors (Lipinski definition) is 1. The zero-order valence-electron chi connectivity index (χ0n) is 12.5. The van der Waals surface area contributed by atoms with Gasteiger partial charge in [0.2, 0.25) is 0 Å². The predicted octanol–water partition coefficient (Wildman–Crippen LogP) is 3.94. The molecule has 1 atom stereocenters. The van der Waals surface area contributed by atoms with Gasteiger partial charge in [0, 0.05) is 7.05 Å². The lowest BCUT2D eigenvalue weighted by Gasteiger charge is -2.39. The van der Waals surface area contributed by atoms with E-state index in [0.29, 0.717) is 17.4 Å². The van der Waals surface area contributed by atoms with E-state index in [1.807, 2.05) is 18.8 Å². The second-order valence-electron chi connectivity index (χ2n) is 6.39. The number of halogens is 1. The lowest BCUT2D eigenvalue weighted by atomic mass is 9.71. The highest BCUT2D eigenvalue weighted by Crippen LogP contribution is 2.52. The van der Waals surface area contributed by atoms with E-state index in [9.17, 15) is 0 Å². The van der Waals surface area contributed by atoms with Crippen LogP contribution >= 0.6 is 11.6 Å². The van der Waals surface area contributed by atoms with Crippen LogP contribution in [0, 0.1) is 11.3 Å². The Morgan fingerprint density at radius 3 is 2.47 bits per heavy atom. The van der Waals surface area contributed by atoms with Crippen LogP contribution < -0.4 is 5.32 Å². The number of rotatable bonds is 5. The summed E-state index contributed by atoms with van der Waals surface area (Å²) in [6.07, 6.45) is 8.26. The first-order valence-electron chi connectivity index (χ1n) is 7.35. The van der Waals surface area contributed by atoms with Crippen LogP contribution in [0.4, 0.5) is 0 Å². The number of nitrogens with one attached hydrogen (secondary N) is 1. The molecule has 4 heteroatoms. The van der Waals surface area contributed by atoms with Crippen LogP contribution in [0.3, 0.4) is 0 Å². The fourth-order valence-corrected chi connectivity index (χ4v) is 4.26. The minimum Gasteiger partial charge on any atom is -0.311 e. The summed E-state index contributed by atoms with van der Waals surface area (Å²) in [5.41, 5.74) is 1.48. The molecule has 1 saturated carbocycles. The van der Waals surface area contributed by atoms with Gasteiger partial charge in [0.15, 0.2) is 0 Å². The monoisotopic (exact) mass is 283 g/mol. The van der Waals surface area contributed by atoms with Gasteiger partial charge < -0.3 is 5.32 Å². The van der Waals surface area contributed by atoms with Crippen molar-refractivity contribution in [3.8, 4) is 0 Å². The molecule has 0 bridgehead atoms. The molecule has 0 aromatic carbocycles. The number of aryl methyl sites for hydroxylation is 1. The van der Waals surface area contributed by atoms with Crippen molar-refractivity contribution in [2.75, 3.05) is 7.05 Å². The summed E-state index contributed by atoms with van der Waals surface area (Å²) in [6, 6.07) is 0.303. The first-order valence-corrected chi connectivity index (χ1v) is 7.72. The Kier molecular flexibility index (Phi) is 4.57. The third kappa shape index (κ3) is 2.82. The van der Waals surface area contributed by atoms with Crippen molar-refractivity contribution in [3.05, 3.63) is 16.9 Å². The van der Waals surface area contributed by atoms with Gasteiger partial charge in [-0.25, -0.2) is 0 Å². The summed E-state index contributed by atoms with van der Waals surface area (Å²) in [6.45, 7) is 4.63. The molecule has 2 rings (SSSR count). The van der Waals surface area contributed by atoms with E-state index in [-0.39, 0.29) is 0 Å². The lowest BCUT2D eigenvalue weighted by molar-refractivity contribution is 0.156. The number of aromatic nitrogens is 2. The Morgan fingerprint density at radius 2 is 2.05 bits per heavy atom. The van der Waals surface area contributed by atoms with Gasteiger partial charge in [-0.3, -0.25) is 4.68 Å². The number of hydrogen-bond acceptors (Lipinski definition) is 2. The van der Waals surface area contributed by atoms with Crippen molar-refractivity contribution >= 4 is 11.6 Å². The van der Waals surface area contributed by atoms with E-state index < -0.39 is 0 Å². The average molecular weight is 284 g/mol. The first-order chi connectivity index (χ1) is 9.00. The molecule has 1 unspecified atom stereocenters. The molecule has 1 aromatic rings. The molecule has 1 aliphatic rings. The fourth-order valence-electron chi connectivity index (χ4n) is 3.98. The fraction of sp³-hybridized carbons (Fsp3) is 0.800. The van der Waals surface area contributed by atoms with Crippen molar-refractivity contribution in [1.82, 2.24) is 15.1 Å². The normalized spacial score (nSPS) is 20.1. The third-order valence-corrected chi connectivity index (χ3v) is 4.82. The molecule has 108 valence electrons. The molecule has 1 heterocycles. The molecule has 1 fully saturated rings. The Hall–Kier alpha value is -0.540. The van der Waals surface area contributed by atoms with Crippen LogP contribution in [0.15, 0.2) is 6.20 Å². The summed E-state index contributed by atoms with van der Waals surface area (Å²) in [5, 5.41) is 8.63. The van der Waals surface area contributed by atoms with E-state index in [1.165, 1.54) is 32.1 Å².